The van der Waals surface area contributed by atoms with Gasteiger partial charge in [0, 0.05) is 6.04 Å². The molecule has 0 saturated heterocycles. The molecule has 0 spiro atoms. The van der Waals surface area contributed by atoms with E-state index in [2.05, 4.69) is 0 Å². The first-order chi connectivity index (χ1) is 7.06. The van der Waals surface area contributed by atoms with E-state index in [0.717, 1.165) is 5.56 Å². The van der Waals surface area contributed by atoms with Crippen molar-refractivity contribution >= 4 is 8.56 Å². The van der Waals surface area contributed by atoms with Crippen LogP contribution in [-0.4, -0.2) is 35.5 Å². The summed E-state index contributed by atoms with van der Waals surface area (Å²) in [6.45, 7) is 0.256. The summed E-state index contributed by atoms with van der Waals surface area (Å²) in [7, 11) is -3.59. The summed E-state index contributed by atoms with van der Waals surface area (Å²) in [4.78, 5) is 19.5. The predicted molar refractivity (Wildman–Crippen MR) is 60.0 cm³/mol. The molecule has 4 nitrogen and oxygen atoms in total. The molecular weight excluding hydrogens is 210 g/mol. The number of aliphatic hydroxyl groups excluding tert-OH is 1. The van der Waals surface area contributed by atoms with E-state index >= 15 is 0 Å². The standard InChI is InChI=1S/C10H17NO3Si/c11-7-6-10(12)15(13,14)8-9-4-2-1-3-5-9/h1-5,10,12-14H,6-8,11H2. The zero-order chi connectivity index (χ0) is 11.3. The molecule has 0 radical (unpaired) electrons. The monoisotopic (exact) mass is 227 g/mol. The summed E-state index contributed by atoms with van der Waals surface area (Å²) in [6, 6.07) is 9.27. The van der Waals surface area contributed by atoms with E-state index in [1.54, 1.807) is 0 Å². The molecule has 0 amide bonds. The average molecular weight is 227 g/mol. The molecule has 5 heteroatoms. The van der Waals surface area contributed by atoms with Crippen molar-refractivity contribution < 1.29 is 14.7 Å². The largest absolute Gasteiger partial charge is 0.409 e. The topological polar surface area (TPSA) is 86.7 Å². The molecule has 1 aromatic rings. The Balaban J connectivity index is 2.63. The van der Waals surface area contributed by atoms with Crippen LogP contribution in [0.4, 0.5) is 0 Å². The maximum Gasteiger partial charge on any atom is 0.366 e. The smallest absolute Gasteiger partial charge is 0.366 e. The van der Waals surface area contributed by atoms with Crippen molar-refractivity contribution in [2.75, 3.05) is 6.54 Å². The Morgan fingerprint density at radius 3 is 2.33 bits per heavy atom. The van der Waals surface area contributed by atoms with Gasteiger partial charge in [-0.05, 0) is 18.5 Å². The second-order valence-electron chi connectivity index (χ2n) is 3.63. The lowest BCUT2D eigenvalue weighted by atomic mass is 10.2. The molecule has 15 heavy (non-hydrogen) atoms. The lowest BCUT2D eigenvalue weighted by Gasteiger charge is -2.23. The fourth-order valence-corrected chi connectivity index (χ4v) is 3.10. The lowest BCUT2D eigenvalue weighted by molar-refractivity contribution is 0.170. The summed E-state index contributed by atoms with van der Waals surface area (Å²) in [5.41, 5.74) is 5.00. The Labute approximate surface area is 90.2 Å². The van der Waals surface area contributed by atoms with E-state index < -0.39 is 14.3 Å². The molecular formula is C10H17NO3Si. The first-order valence-corrected chi connectivity index (χ1v) is 7.11. The molecule has 0 aliphatic rings. The van der Waals surface area contributed by atoms with Crippen molar-refractivity contribution in [3.05, 3.63) is 35.9 Å². The van der Waals surface area contributed by atoms with Crippen LogP contribution in [0.25, 0.3) is 0 Å². The molecule has 0 aliphatic heterocycles. The minimum atomic E-state index is -3.59. The highest BCUT2D eigenvalue weighted by Crippen LogP contribution is 2.12. The van der Waals surface area contributed by atoms with Crippen molar-refractivity contribution in [3.63, 3.8) is 0 Å². The maximum atomic E-state index is 9.76. The van der Waals surface area contributed by atoms with Crippen LogP contribution in [0, 0.1) is 0 Å². The highest BCUT2D eigenvalue weighted by Gasteiger charge is 2.38. The normalized spacial score (nSPS) is 13.9. The van der Waals surface area contributed by atoms with Crippen LogP contribution in [0.1, 0.15) is 12.0 Å². The second-order valence-corrected chi connectivity index (χ2v) is 6.41. The van der Waals surface area contributed by atoms with Gasteiger partial charge >= 0.3 is 8.56 Å². The highest BCUT2D eigenvalue weighted by atomic mass is 28.4. The van der Waals surface area contributed by atoms with Crippen molar-refractivity contribution in [2.45, 2.75) is 18.2 Å². The Morgan fingerprint density at radius 2 is 1.80 bits per heavy atom. The van der Waals surface area contributed by atoms with Crippen molar-refractivity contribution in [2.24, 2.45) is 5.73 Å². The summed E-state index contributed by atoms with van der Waals surface area (Å²) >= 11 is 0. The van der Waals surface area contributed by atoms with Gasteiger partial charge in [-0.1, -0.05) is 30.3 Å². The minimum absolute atomic E-state index is 0.134. The highest BCUT2D eigenvalue weighted by molar-refractivity contribution is 6.65. The van der Waals surface area contributed by atoms with Gasteiger partial charge in [0.15, 0.2) is 0 Å². The average Bonchev–Trinajstić information content (AvgIpc) is 2.19. The first-order valence-electron chi connectivity index (χ1n) is 4.93. The number of rotatable bonds is 5. The van der Waals surface area contributed by atoms with E-state index in [1.807, 2.05) is 30.3 Å². The van der Waals surface area contributed by atoms with Crippen LogP contribution in [-0.2, 0) is 6.04 Å². The fraction of sp³-hybridized carbons (Fsp3) is 0.400. The van der Waals surface area contributed by atoms with Gasteiger partial charge in [-0.15, -0.1) is 0 Å². The lowest BCUT2D eigenvalue weighted by Crippen LogP contribution is -2.51. The Bertz CT molecular complexity index is 292. The molecule has 1 unspecified atom stereocenters. The van der Waals surface area contributed by atoms with Crippen molar-refractivity contribution in [3.8, 4) is 0 Å². The van der Waals surface area contributed by atoms with Crippen LogP contribution < -0.4 is 5.73 Å². The van der Waals surface area contributed by atoms with Crippen LogP contribution >= 0.6 is 0 Å². The third-order valence-electron chi connectivity index (χ3n) is 2.28. The molecule has 0 bridgehead atoms. The molecule has 0 saturated carbocycles. The predicted octanol–water partition coefficient (Wildman–Crippen LogP) is -0.556. The summed E-state index contributed by atoms with van der Waals surface area (Å²) in [5.74, 6) is 0. The van der Waals surface area contributed by atoms with Crippen LogP contribution in [0.5, 0.6) is 0 Å². The van der Waals surface area contributed by atoms with E-state index in [1.165, 1.54) is 0 Å². The molecule has 5 N–H and O–H groups in total. The quantitative estimate of drug-likeness (QED) is 0.508. The van der Waals surface area contributed by atoms with Gasteiger partial charge < -0.3 is 20.4 Å². The zero-order valence-electron chi connectivity index (χ0n) is 8.50. The van der Waals surface area contributed by atoms with Gasteiger partial charge in [-0.2, -0.15) is 0 Å². The zero-order valence-corrected chi connectivity index (χ0v) is 9.50. The van der Waals surface area contributed by atoms with Crippen LogP contribution in [0.2, 0.25) is 0 Å². The number of benzene rings is 1. The van der Waals surface area contributed by atoms with Gasteiger partial charge in [-0.25, -0.2) is 0 Å². The molecule has 1 atom stereocenters. The van der Waals surface area contributed by atoms with Crippen LogP contribution in [0.15, 0.2) is 30.3 Å². The maximum absolute atomic E-state index is 9.76. The Morgan fingerprint density at radius 1 is 1.20 bits per heavy atom. The van der Waals surface area contributed by atoms with E-state index in [0.29, 0.717) is 0 Å². The number of hydrogen-bond acceptors (Lipinski definition) is 4. The van der Waals surface area contributed by atoms with Gasteiger partial charge in [0.05, 0.1) is 5.73 Å². The Kier molecular flexibility index (Phi) is 4.43. The first kappa shape index (κ1) is 12.3. The SMILES string of the molecule is NCCC(O)[Si](O)(O)Cc1ccccc1. The van der Waals surface area contributed by atoms with E-state index in [4.69, 9.17) is 5.73 Å². The van der Waals surface area contributed by atoms with Crippen molar-refractivity contribution in [1.82, 2.24) is 0 Å². The minimum Gasteiger partial charge on any atom is -0.409 e. The molecule has 0 heterocycles. The third-order valence-corrected chi connectivity index (χ3v) is 4.57. The second kappa shape index (κ2) is 5.39. The number of aliphatic hydroxyl groups is 1. The molecule has 0 aromatic heterocycles. The molecule has 0 fully saturated rings. The van der Waals surface area contributed by atoms with Crippen molar-refractivity contribution in [1.29, 1.82) is 0 Å². The number of nitrogens with two attached hydrogens (primary N) is 1. The number of hydrogen-bond donors (Lipinski definition) is 4. The Hall–Kier alpha value is -0.723. The van der Waals surface area contributed by atoms with E-state index in [-0.39, 0.29) is 19.0 Å². The van der Waals surface area contributed by atoms with Crippen LogP contribution in [0.3, 0.4) is 0 Å². The summed E-state index contributed by atoms with van der Waals surface area (Å²) in [5, 5.41) is 9.52. The van der Waals surface area contributed by atoms with Gasteiger partial charge in [0.25, 0.3) is 0 Å². The molecule has 1 rings (SSSR count). The molecule has 84 valence electrons. The summed E-state index contributed by atoms with van der Waals surface area (Å²) < 4.78 is 0. The van der Waals surface area contributed by atoms with E-state index in [9.17, 15) is 14.7 Å². The molecule has 1 aromatic carbocycles. The van der Waals surface area contributed by atoms with Gasteiger partial charge in [0.1, 0.15) is 0 Å². The third kappa shape index (κ3) is 3.73. The summed E-state index contributed by atoms with van der Waals surface area (Å²) in [6.07, 6.45) is 0.228. The molecule has 0 aliphatic carbocycles. The fourth-order valence-electron chi connectivity index (χ4n) is 1.40. The van der Waals surface area contributed by atoms with Gasteiger partial charge in [-0.3, -0.25) is 0 Å². The van der Waals surface area contributed by atoms with Gasteiger partial charge in [0.2, 0.25) is 0 Å².